The number of rotatable bonds is 2. The molecule has 0 atom stereocenters. The molecule has 0 aliphatic carbocycles. The second-order valence-electron chi connectivity index (χ2n) is 2.55. The van der Waals surface area contributed by atoms with Gasteiger partial charge in [0.25, 0.3) is 5.89 Å². The summed E-state index contributed by atoms with van der Waals surface area (Å²) in [6.45, 7) is 0. The van der Waals surface area contributed by atoms with Gasteiger partial charge in [0.15, 0.2) is 0 Å². The lowest BCUT2D eigenvalue weighted by molar-refractivity contribution is 0.108. The second-order valence-corrected chi connectivity index (χ2v) is 3.41. The van der Waals surface area contributed by atoms with Gasteiger partial charge in [-0.25, -0.2) is 0 Å². The Balaban J connectivity index is 2.49. The zero-order valence-electron chi connectivity index (χ0n) is 6.98. The van der Waals surface area contributed by atoms with Crippen LogP contribution in [0.25, 0.3) is 11.4 Å². The van der Waals surface area contributed by atoms with Crippen LogP contribution >= 0.6 is 15.9 Å². The van der Waals surface area contributed by atoms with Crippen LogP contribution < -0.4 is 0 Å². The highest BCUT2D eigenvalue weighted by molar-refractivity contribution is 9.10. The van der Waals surface area contributed by atoms with Gasteiger partial charge < -0.3 is 4.52 Å². The molecular formula is C9H5BrN2O2. The Morgan fingerprint density at radius 1 is 1.36 bits per heavy atom. The van der Waals surface area contributed by atoms with E-state index in [9.17, 15) is 4.79 Å². The zero-order chi connectivity index (χ0) is 9.97. The van der Waals surface area contributed by atoms with Crippen LogP contribution in [0.4, 0.5) is 0 Å². The number of hydrogen-bond donors (Lipinski definition) is 0. The molecule has 0 aliphatic rings. The second kappa shape index (κ2) is 3.71. The van der Waals surface area contributed by atoms with E-state index in [1.54, 1.807) is 0 Å². The Morgan fingerprint density at radius 3 is 2.79 bits per heavy atom. The van der Waals surface area contributed by atoms with E-state index in [4.69, 9.17) is 0 Å². The molecule has 0 N–H and O–H groups in total. The molecule has 0 saturated heterocycles. The van der Waals surface area contributed by atoms with Crippen LogP contribution in [-0.4, -0.2) is 16.4 Å². The van der Waals surface area contributed by atoms with Gasteiger partial charge >= 0.3 is 0 Å². The number of aldehydes is 1. The lowest BCUT2D eigenvalue weighted by atomic mass is 10.2. The molecule has 14 heavy (non-hydrogen) atoms. The van der Waals surface area contributed by atoms with Crippen molar-refractivity contribution in [3.8, 4) is 11.4 Å². The molecule has 4 nitrogen and oxygen atoms in total. The molecule has 0 radical (unpaired) electrons. The molecule has 2 rings (SSSR count). The first-order valence-electron chi connectivity index (χ1n) is 3.85. The molecule has 0 bridgehead atoms. The minimum absolute atomic E-state index is 0.0178. The maximum Gasteiger partial charge on any atom is 0.291 e. The zero-order valence-corrected chi connectivity index (χ0v) is 8.56. The van der Waals surface area contributed by atoms with Crippen molar-refractivity contribution in [3.63, 3.8) is 0 Å². The van der Waals surface area contributed by atoms with Gasteiger partial charge in [-0.05, 0) is 12.1 Å². The van der Waals surface area contributed by atoms with Crippen molar-refractivity contribution in [1.82, 2.24) is 10.1 Å². The van der Waals surface area contributed by atoms with Crippen molar-refractivity contribution in [2.45, 2.75) is 0 Å². The van der Waals surface area contributed by atoms with Crippen molar-refractivity contribution in [3.05, 3.63) is 34.6 Å². The summed E-state index contributed by atoms with van der Waals surface area (Å²) in [5, 5.41) is 3.67. The quantitative estimate of drug-likeness (QED) is 0.770. The van der Waals surface area contributed by atoms with Crippen LogP contribution in [0.3, 0.4) is 0 Å². The summed E-state index contributed by atoms with van der Waals surface area (Å²) in [7, 11) is 0. The predicted molar refractivity (Wildman–Crippen MR) is 52.8 cm³/mol. The Kier molecular flexibility index (Phi) is 2.41. The number of carbonyl (C=O) groups is 1. The number of nitrogens with zero attached hydrogens (tertiary/aromatic N) is 2. The Bertz CT molecular complexity index is 467. The molecule has 2 aromatic rings. The van der Waals surface area contributed by atoms with Crippen molar-refractivity contribution in [2.24, 2.45) is 0 Å². The van der Waals surface area contributed by atoms with E-state index in [1.807, 2.05) is 24.3 Å². The number of carbonyl (C=O) groups excluding carboxylic acids is 1. The fourth-order valence-corrected chi connectivity index (χ4v) is 1.50. The highest BCUT2D eigenvalue weighted by Crippen LogP contribution is 2.24. The number of aromatic nitrogens is 2. The third kappa shape index (κ3) is 1.58. The SMILES string of the molecule is O=Cc1nc(-c2ccccc2Br)no1. The standard InChI is InChI=1S/C9H5BrN2O2/c10-7-4-2-1-3-6(7)9-11-8(5-13)14-12-9/h1-5H. The fourth-order valence-electron chi connectivity index (χ4n) is 1.04. The first kappa shape index (κ1) is 9.08. The molecule has 0 amide bonds. The minimum atomic E-state index is -0.0178. The first-order valence-corrected chi connectivity index (χ1v) is 4.64. The topological polar surface area (TPSA) is 56.0 Å². The average molecular weight is 253 g/mol. The predicted octanol–water partition coefficient (Wildman–Crippen LogP) is 2.31. The summed E-state index contributed by atoms with van der Waals surface area (Å²) in [4.78, 5) is 14.2. The van der Waals surface area contributed by atoms with Crippen molar-refractivity contribution >= 4 is 22.2 Å². The van der Waals surface area contributed by atoms with E-state index >= 15 is 0 Å². The van der Waals surface area contributed by atoms with Gasteiger partial charge in [0.05, 0.1) is 0 Å². The lowest BCUT2D eigenvalue weighted by Gasteiger charge is -1.95. The summed E-state index contributed by atoms with van der Waals surface area (Å²) in [6, 6.07) is 7.45. The molecule has 0 aliphatic heterocycles. The van der Waals surface area contributed by atoms with Crippen LogP contribution in [0, 0.1) is 0 Å². The highest BCUT2D eigenvalue weighted by atomic mass is 79.9. The van der Waals surface area contributed by atoms with Crippen molar-refractivity contribution in [2.75, 3.05) is 0 Å². The molecule has 0 spiro atoms. The van der Waals surface area contributed by atoms with Gasteiger partial charge in [-0.1, -0.05) is 33.2 Å². The summed E-state index contributed by atoms with van der Waals surface area (Å²) < 4.78 is 5.53. The Labute approximate surface area is 88.1 Å². The largest absolute Gasteiger partial charge is 0.331 e. The van der Waals surface area contributed by atoms with Crippen LogP contribution in [0.15, 0.2) is 33.3 Å². The third-order valence-corrected chi connectivity index (χ3v) is 2.35. The fraction of sp³-hybridized carbons (Fsp3) is 0. The average Bonchev–Trinajstić information content (AvgIpc) is 2.67. The van der Waals surface area contributed by atoms with E-state index in [-0.39, 0.29) is 5.89 Å². The monoisotopic (exact) mass is 252 g/mol. The number of halogens is 1. The molecule has 1 aromatic heterocycles. The molecule has 70 valence electrons. The van der Waals surface area contributed by atoms with Gasteiger partial charge in [-0.2, -0.15) is 4.98 Å². The molecule has 0 fully saturated rings. The Morgan fingerprint density at radius 2 is 2.14 bits per heavy atom. The smallest absolute Gasteiger partial charge is 0.291 e. The van der Waals surface area contributed by atoms with Crippen LogP contribution in [0.5, 0.6) is 0 Å². The van der Waals surface area contributed by atoms with E-state index in [0.717, 1.165) is 10.0 Å². The van der Waals surface area contributed by atoms with Gasteiger partial charge in [0, 0.05) is 10.0 Å². The van der Waals surface area contributed by atoms with Gasteiger partial charge in [-0.15, -0.1) is 0 Å². The molecule has 1 aromatic carbocycles. The number of hydrogen-bond acceptors (Lipinski definition) is 4. The van der Waals surface area contributed by atoms with Crippen molar-refractivity contribution in [1.29, 1.82) is 0 Å². The van der Waals surface area contributed by atoms with Gasteiger partial charge in [0.1, 0.15) is 0 Å². The van der Waals surface area contributed by atoms with E-state index in [1.165, 1.54) is 0 Å². The summed E-state index contributed by atoms with van der Waals surface area (Å²) in [6.07, 6.45) is 0.521. The molecule has 0 unspecified atom stereocenters. The molecule has 5 heteroatoms. The van der Waals surface area contributed by atoms with Crippen LogP contribution in [0.1, 0.15) is 10.7 Å². The molecular weight excluding hydrogens is 248 g/mol. The number of benzene rings is 1. The van der Waals surface area contributed by atoms with E-state index in [0.29, 0.717) is 12.1 Å². The van der Waals surface area contributed by atoms with E-state index in [2.05, 4.69) is 30.6 Å². The highest BCUT2D eigenvalue weighted by Gasteiger charge is 2.09. The van der Waals surface area contributed by atoms with Gasteiger partial charge in [0.2, 0.25) is 12.1 Å². The summed E-state index contributed by atoms with van der Waals surface area (Å²) in [5.74, 6) is 0.385. The normalized spacial score (nSPS) is 10.1. The molecule has 1 heterocycles. The van der Waals surface area contributed by atoms with Crippen LogP contribution in [0.2, 0.25) is 0 Å². The third-order valence-electron chi connectivity index (χ3n) is 1.66. The maximum atomic E-state index is 10.3. The maximum absolute atomic E-state index is 10.3. The summed E-state index contributed by atoms with van der Waals surface area (Å²) in [5.41, 5.74) is 0.796. The first-order chi connectivity index (χ1) is 6.81. The van der Waals surface area contributed by atoms with Crippen molar-refractivity contribution < 1.29 is 9.32 Å². The van der Waals surface area contributed by atoms with E-state index < -0.39 is 0 Å². The minimum Gasteiger partial charge on any atom is -0.331 e. The lowest BCUT2D eigenvalue weighted by Crippen LogP contribution is -1.82. The molecule has 0 saturated carbocycles. The Hall–Kier alpha value is -1.49. The van der Waals surface area contributed by atoms with Crippen LogP contribution in [-0.2, 0) is 0 Å². The summed E-state index contributed by atoms with van der Waals surface area (Å²) >= 11 is 3.35. The van der Waals surface area contributed by atoms with Gasteiger partial charge in [-0.3, -0.25) is 4.79 Å².